The molecule has 1 heterocycles. The lowest BCUT2D eigenvalue weighted by Crippen LogP contribution is -2.25. The molecule has 0 saturated carbocycles. The summed E-state index contributed by atoms with van der Waals surface area (Å²) < 4.78 is 0. The molecule has 1 rings (SSSR count). The Balaban J connectivity index is 3.45. The molecule has 0 atom stereocenters. The molecule has 0 spiro atoms. The van der Waals surface area contributed by atoms with Crippen molar-refractivity contribution in [2.75, 3.05) is 0 Å². The molecule has 2 heteroatoms. The normalized spacial score (nSPS) is 13.8. The second kappa shape index (κ2) is 6.14. The zero-order valence-corrected chi connectivity index (χ0v) is 15.8. The number of hydrogen-bond acceptors (Lipinski definition) is 1. The number of aromatic amines is 1. The standard InChI is InChI=1S/C19H36N2/c1-10-13-19(8,9)16-20-14(17(4,5)11-2)15(21-16)18(6,7)12-3/h10-13H2,1-9H3,(H,20,21). The zero-order chi connectivity index (χ0) is 16.5. The van der Waals surface area contributed by atoms with E-state index in [0.29, 0.717) is 0 Å². The second-order valence-electron chi connectivity index (χ2n) is 8.42. The smallest absolute Gasteiger partial charge is 0.112 e. The molecule has 0 unspecified atom stereocenters. The van der Waals surface area contributed by atoms with Gasteiger partial charge < -0.3 is 4.98 Å². The van der Waals surface area contributed by atoms with E-state index < -0.39 is 0 Å². The molecule has 0 radical (unpaired) electrons. The van der Waals surface area contributed by atoms with Gasteiger partial charge in [-0.1, -0.05) is 68.7 Å². The van der Waals surface area contributed by atoms with Crippen molar-refractivity contribution < 1.29 is 0 Å². The van der Waals surface area contributed by atoms with E-state index in [-0.39, 0.29) is 16.2 Å². The van der Waals surface area contributed by atoms with E-state index in [0.717, 1.165) is 18.7 Å². The third-order valence-electron chi connectivity index (χ3n) is 5.31. The van der Waals surface area contributed by atoms with Gasteiger partial charge in [-0.15, -0.1) is 0 Å². The van der Waals surface area contributed by atoms with Gasteiger partial charge in [0.05, 0.1) is 5.69 Å². The summed E-state index contributed by atoms with van der Waals surface area (Å²) in [6.07, 6.45) is 4.58. The van der Waals surface area contributed by atoms with Gasteiger partial charge in [-0.05, 0) is 19.3 Å². The summed E-state index contributed by atoms with van der Waals surface area (Å²) in [6.45, 7) is 20.7. The van der Waals surface area contributed by atoms with E-state index in [4.69, 9.17) is 4.98 Å². The monoisotopic (exact) mass is 292 g/mol. The van der Waals surface area contributed by atoms with Crippen LogP contribution in [-0.4, -0.2) is 9.97 Å². The van der Waals surface area contributed by atoms with Crippen LogP contribution in [0.15, 0.2) is 0 Å². The quantitative estimate of drug-likeness (QED) is 0.669. The minimum absolute atomic E-state index is 0.120. The molecule has 0 bridgehead atoms. The first-order chi connectivity index (χ1) is 9.51. The molecular weight excluding hydrogens is 256 g/mol. The van der Waals surface area contributed by atoms with Crippen molar-refractivity contribution in [2.24, 2.45) is 0 Å². The highest BCUT2D eigenvalue weighted by Crippen LogP contribution is 2.38. The van der Waals surface area contributed by atoms with Crippen LogP contribution < -0.4 is 0 Å². The van der Waals surface area contributed by atoms with Gasteiger partial charge in [0.2, 0.25) is 0 Å². The fraction of sp³-hybridized carbons (Fsp3) is 0.842. The van der Waals surface area contributed by atoms with Gasteiger partial charge in [-0.25, -0.2) is 4.98 Å². The van der Waals surface area contributed by atoms with E-state index in [9.17, 15) is 0 Å². The molecule has 1 aromatic rings. The third-order valence-corrected chi connectivity index (χ3v) is 5.31. The molecular formula is C19H36N2. The van der Waals surface area contributed by atoms with Crippen molar-refractivity contribution >= 4 is 0 Å². The largest absolute Gasteiger partial charge is 0.345 e. The highest BCUT2D eigenvalue weighted by molar-refractivity contribution is 5.31. The fourth-order valence-corrected chi connectivity index (χ4v) is 2.76. The molecule has 0 aliphatic carbocycles. The summed E-state index contributed by atoms with van der Waals surface area (Å²) in [5.41, 5.74) is 3.01. The van der Waals surface area contributed by atoms with Gasteiger partial charge in [-0.3, -0.25) is 0 Å². The van der Waals surface area contributed by atoms with Gasteiger partial charge >= 0.3 is 0 Å². The van der Waals surface area contributed by atoms with Crippen molar-refractivity contribution in [1.29, 1.82) is 0 Å². The van der Waals surface area contributed by atoms with E-state index in [1.54, 1.807) is 0 Å². The van der Waals surface area contributed by atoms with E-state index >= 15 is 0 Å². The molecule has 0 aromatic carbocycles. The molecule has 0 aliphatic heterocycles. The van der Waals surface area contributed by atoms with Crippen LogP contribution in [0.5, 0.6) is 0 Å². The maximum absolute atomic E-state index is 5.10. The highest BCUT2D eigenvalue weighted by Gasteiger charge is 2.35. The Labute approximate surface area is 132 Å². The van der Waals surface area contributed by atoms with E-state index in [1.807, 2.05) is 0 Å². The van der Waals surface area contributed by atoms with Crippen molar-refractivity contribution in [2.45, 2.75) is 104 Å². The first kappa shape index (κ1) is 18.3. The Morgan fingerprint density at radius 2 is 1.33 bits per heavy atom. The van der Waals surface area contributed by atoms with Crippen LogP contribution in [0.3, 0.4) is 0 Å². The van der Waals surface area contributed by atoms with E-state index in [1.165, 1.54) is 24.2 Å². The number of imidazole rings is 1. The Kier molecular flexibility index (Phi) is 5.34. The molecule has 0 saturated heterocycles. The third kappa shape index (κ3) is 3.70. The topological polar surface area (TPSA) is 28.7 Å². The molecule has 1 N–H and O–H groups in total. The molecule has 0 fully saturated rings. The van der Waals surface area contributed by atoms with Crippen molar-refractivity contribution in [1.82, 2.24) is 9.97 Å². The number of nitrogens with one attached hydrogen (secondary N) is 1. The van der Waals surface area contributed by atoms with Crippen molar-refractivity contribution in [3.63, 3.8) is 0 Å². The van der Waals surface area contributed by atoms with Gasteiger partial charge in [0, 0.05) is 21.9 Å². The van der Waals surface area contributed by atoms with E-state index in [2.05, 4.69) is 67.3 Å². The minimum atomic E-state index is 0.120. The summed E-state index contributed by atoms with van der Waals surface area (Å²) in [4.78, 5) is 8.83. The second-order valence-corrected chi connectivity index (χ2v) is 8.42. The summed E-state index contributed by atoms with van der Waals surface area (Å²) in [5.74, 6) is 1.16. The lowest BCUT2D eigenvalue weighted by Gasteiger charge is -2.29. The fourth-order valence-electron chi connectivity index (χ4n) is 2.76. The maximum atomic E-state index is 5.10. The molecule has 21 heavy (non-hydrogen) atoms. The van der Waals surface area contributed by atoms with Crippen LogP contribution in [0, 0.1) is 0 Å². The molecule has 1 aromatic heterocycles. The summed E-state index contributed by atoms with van der Waals surface area (Å²) in [7, 11) is 0. The van der Waals surface area contributed by atoms with Gasteiger partial charge in [0.15, 0.2) is 0 Å². The van der Waals surface area contributed by atoms with Crippen LogP contribution in [0.1, 0.15) is 105 Å². The van der Waals surface area contributed by atoms with Crippen LogP contribution in [0.25, 0.3) is 0 Å². The number of nitrogens with zero attached hydrogens (tertiary/aromatic N) is 1. The van der Waals surface area contributed by atoms with Crippen LogP contribution in [0.2, 0.25) is 0 Å². The van der Waals surface area contributed by atoms with Gasteiger partial charge in [0.25, 0.3) is 0 Å². The number of rotatable bonds is 7. The highest BCUT2D eigenvalue weighted by atomic mass is 15.0. The first-order valence-corrected chi connectivity index (χ1v) is 8.63. The Morgan fingerprint density at radius 3 is 1.76 bits per heavy atom. The Morgan fingerprint density at radius 1 is 0.810 bits per heavy atom. The first-order valence-electron chi connectivity index (χ1n) is 8.63. The summed E-state index contributed by atoms with van der Waals surface area (Å²) >= 11 is 0. The summed E-state index contributed by atoms with van der Waals surface area (Å²) in [6, 6.07) is 0. The van der Waals surface area contributed by atoms with Gasteiger partial charge in [-0.2, -0.15) is 0 Å². The van der Waals surface area contributed by atoms with Crippen molar-refractivity contribution in [3.8, 4) is 0 Å². The van der Waals surface area contributed by atoms with Crippen LogP contribution in [0.4, 0.5) is 0 Å². The lowest BCUT2D eigenvalue weighted by molar-refractivity contribution is 0.441. The molecule has 2 nitrogen and oxygen atoms in total. The number of aromatic nitrogens is 2. The summed E-state index contributed by atoms with van der Waals surface area (Å²) in [5, 5.41) is 0. The average molecular weight is 293 g/mol. The molecule has 0 amide bonds. The van der Waals surface area contributed by atoms with Crippen LogP contribution in [-0.2, 0) is 16.2 Å². The Bertz CT molecular complexity index is 430. The number of hydrogen-bond donors (Lipinski definition) is 1. The molecule has 0 aliphatic rings. The predicted molar refractivity (Wildman–Crippen MR) is 93.2 cm³/mol. The minimum Gasteiger partial charge on any atom is -0.345 e. The lowest BCUT2D eigenvalue weighted by atomic mass is 9.77. The SMILES string of the molecule is CCCC(C)(C)c1nc(C(C)(C)CC)c(C(C)(C)CC)[nH]1. The Hall–Kier alpha value is -0.790. The molecule has 122 valence electrons. The van der Waals surface area contributed by atoms with Crippen molar-refractivity contribution in [3.05, 3.63) is 17.2 Å². The van der Waals surface area contributed by atoms with Crippen LogP contribution >= 0.6 is 0 Å². The average Bonchev–Trinajstić information content (AvgIpc) is 2.86. The maximum Gasteiger partial charge on any atom is 0.112 e. The zero-order valence-electron chi connectivity index (χ0n) is 15.8. The number of H-pyrrole nitrogens is 1. The predicted octanol–water partition coefficient (Wildman–Crippen LogP) is 5.86. The van der Waals surface area contributed by atoms with Gasteiger partial charge in [0.1, 0.15) is 5.82 Å².